The van der Waals surface area contributed by atoms with E-state index in [1.807, 2.05) is 89.2 Å². The molecule has 1 saturated carbocycles. The van der Waals surface area contributed by atoms with Crippen LogP contribution in [-0.2, 0) is 18.0 Å². The first kappa shape index (κ1) is 37.0. The van der Waals surface area contributed by atoms with Gasteiger partial charge >= 0.3 is 0 Å². The van der Waals surface area contributed by atoms with Crippen LogP contribution in [0.2, 0.25) is 25.7 Å². The summed E-state index contributed by atoms with van der Waals surface area (Å²) in [5.74, 6) is -0.474. The summed E-state index contributed by atoms with van der Waals surface area (Å²) in [5.41, 5.74) is 6.40. The van der Waals surface area contributed by atoms with E-state index in [4.69, 9.17) is 14.7 Å². The first-order valence-corrected chi connectivity index (χ1v) is 22.2. The highest BCUT2D eigenvalue weighted by Gasteiger charge is 2.30. The van der Waals surface area contributed by atoms with E-state index in [9.17, 15) is 13.6 Å². The van der Waals surface area contributed by atoms with Crippen LogP contribution in [-0.4, -0.2) is 52.3 Å². The van der Waals surface area contributed by atoms with Gasteiger partial charge in [-0.15, -0.1) is 0 Å². The fourth-order valence-corrected chi connectivity index (χ4v) is 7.21. The number of nitrogens with zero attached hydrogens (tertiary/aromatic N) is 5. The number of halogens is 2. The molecule has 0 spiro atoms. The summed E-state index contributed by atoms with van der Waals surface area (Å²) in [5, 5.41) is 0. The Hall–Kier alpha value is -5.32. The molecule has 0 aliphatic heterocycles. The standard InChI is InChI=1S/C44H45F2N5O2Si/c1-30-24-39-38(48-43(30)49-42(32-12-7-5-8-13-32)33-14-9-6-10-15-33)25-40(51(39)29-53-22-23-54(2,3)4)44(52)50(27-31-18-19-31)28-35-21-20-34(26-47-35)41-36(45)16-11-17-37(41)46/h5-17,20-21,24-26,31H,18-19,22-23,27-29H2,1-4H3. The average Bonchev–Trinajstić information content (AvgIpc) is 3.92. The topological polar surface area (TPSA) is 72.6 Å². The molecule has 0 saturated heterocycles. The Morgan fingerprint density at radius 3 is 2.17 bits per heavy atom. The second-order valence-corrected chi connectivity index (χ2v) is 20.9. The number of rotatable bonds is 14. The van der Waals surface area contributed by atoms with Crippen molar-refractivity contribution < 1.29 is 18.3 Å². The van der Waals surface area contributed by atoms with Crippen molar-refractivity contribution in [2.75, 3.05) is 13.2 Å². The Balaban J connectivity index is 1.25. The van der Waals surface area contributed by atoms with E-state index in [1.165, 1.54) is 24.4 Å². The maximum atomic E-state index is 14.7. The van der Waals surface area contributed by atoms with Gasteiger partial charge in [0.1, 0.15) is 24.1 Å². The molecule has 276 valence electrons. The predicted molar refractivity (Wildman–Crippen MR) is 214 cm³/mol. The number of hydrogen-bond acceptors (Lipinski definition) is 5. The third-order valence-corrected chi connectivity index (χ3v) is 11.4. The Morgan fingerprint density at radius 1 is 0.907 bits per heavy atom. The van der Waals surface area contributed by atoms with Crippen LogP contribution in [0.4, 0.5) is 14.6 Å². The summed E-state index contributed by atoms with van der Waals surface area (Å²) in [6, 6.07) is 32.2. The first-order chi connectivity index (χ1) is 26.0. The summed E-state index contributed by atoms with van der Waals surface area (Å²) < 4.78 is 37.2. The lowest BCUT2D eigenvalue weighted by Gasteiger charge is -2.24. The van der Waals surface area contributed by atoms with Crippen LogP contribution >= 0.6 is 0 Å². The molecule has 1 aliphatic carbocycles. The molecule has 0 N–H and O–H groups in total. The highest BCUT2D eigenvalue weighted by Crippen LogP contribution is 2.33. The number of aliphatic imine (C=N–C) groups is 1. The van der Waals surface area contributed by atoms with Crippen LogP contribution in [0.25, 0.3) is 22.2 Å². The Bertz CT molecular complexity index is 2220. The smallest absolute Gasteiger partial charge is 0.271 e. The summed E-state index contributed by atoms with van der Waals surface area (Å²) in [4.78, 5) is 31.2. The summed E-state index contributed by atoms with van der Waals surface area (Å²) >= 11 is 0. The molecule has 7 rings (SSSR count). The van der Waals surface area contributed by atoms with Gasteiger partial charge in [0.15, 0.2) is 5.82 Å². The molecule has 6 aromatic rings. The highest BCUT2D eigenvalue weighted by molar-refractivity contribution is 6.76. The Morgan fingerprint density at radius 2 is 1.57 bits per heavy atom. The Labute approximate surface area is 316 Å². The summed E-state index contributed by atoms with van der Waals surface area (Å²) in [6.07, 6.45) is 3.57. The number of pyridine rings is 2. The van der Waals surface area contributed by atoms with Crippen molar-refractivity contribution in [1.82, 2.24) is 19.4 Å². The summed E-state index contributed by atoms with van der Waals surface area (Å²) in [6.45, 7) is 10.5. The number of ether oxygens (including phenoxy) is 1. The zero-order valence-electron chi connectivity index (χ0n) is 31.2. The van der Waals surface area contributed by atoms with Crippen molar-refractivity contribution in [1.29, 1.82) is 0 Å². The number of hydrogen-bond donors (Lipinski definition) is 0. The second-order valence-electron chi connectivity index (χ2n) is 15.3. The van der Waals surface area contributed by atoms with Gasteiger partial charge in [0.25, 0.3) is 5.91 Å². The zero-order chi connectivity index (χ0) is 37.8. The van der Waals surface area contributed by atoms with Crippen molar-refractivity contribution in [3.8, 4) is 11.1 Å². The maximum Gasteiger partial charge on any atom is 0.271 e. The second kappa shape index (κ2) is 16.0. The van der Waals surface area contributed by atoms with E-state index in [-0.39, 0.29) is 24.7 Å². The fraction of sp³-hybridized carbons (Fsp3) is 0.273. The van der Waals surface area contributed by atoms with Crippen molar-refractivity contribution in [3.63, 3.8) is 0 Å². The third kappa shape index (κ3) is 8.72. The highest BCUT2D eigenvalue weighted by atomic mass is 28.3. The van der Waals surface area contributed by atoms with Crippen molar-refractivity contribution >= 4 is 36.5 Å². The minimum atomic E-state index is -1.35. The van der Waals surface area contributed by atoms with Gasteiger partial charge in [0.2, 0.25) is 0 Å². The van der Waals surface area contributed by atoms with Gasteiger partial charge in [-0.25, -0.2) is 18.8 Å². The van der Waals surface area contributed by atoms with Gasteiger partial charge in [-0.3, -0.25) is 9.78 Å². The lowest BCUT2D eigenvalue weighted by atomic mass is 10.0. The molecule has 0 unspecified atom stereocenters. The molecule has 0 bridgehead atoms. The molecule has 1 fully saturated rings. The molecule has 0 atom stereocenters. The molecule has 7 nitrogen and oxygen atoms in total. The number of carbonyl (C=O) groups excluding carboxylic acids is 1. The fourth-order valence-electron chi connectivity index (χ4n) is 6.45. The minimum Gasteiger partial charge on any atom is -0.361 e. The lowest BCUT2D eigenvalue weighted by Crippen LogP contribution is -2.34. The van der Waals surface area contributed by atoms with Gasteiger partial charge in [-0.1, -0.05) is 92.4 Å². The number of fused-ring (bicyclic) bond motifs is 1. The molecule has 3 aromatic carbocycles. The van der Waals surface area contributed by atoms with E-state index >= 15 is 0 Å². The quantitative estimate of drug-likeness (QED) is 0.0633. The van der Waals surface area contributed by atoms with E-state index in [2.05, 4.69) is 24.6 Å². The summed E-state index contributed by atoms with van der Waals surface area (Å²) in [7, 11) is -1.35. The number of carbonyl (C=O) groups is 1. The van der Waals surface area contributed by atoms with E-state index in [0.29, 0.717) is 47.4 Å². The largest absolute Gasteiger partial charge is 0.361 e. The molecular weight excluding hydrogens is 697 g/mol. The molecule has 54 heavy (non-hydrogen) atoms. The van der Waals surface area contributed by atoms with Crippen LogP contribution in [0.1, 0.15) is 45.7 Å². The van der Waals surface area contributed by atoms with Crippen LogP contribution in [0, 0.1) is 24.5 Å². The normalized spacial score (nSPS) is 12.9. The average molecular weight is 742 g/mol. The Kier molecular flexibility index (Phi) is 10.9. The molecule has 1 amide bonds. The predicted octanol–water partition coefficient (Wildman–Crippen LogP) is 10.2. The van der Waals surface area contributed by atoms with Crippen molar-refractivity contribution in [2.45, 2.75) is 58.7 Å². The number of benzene rings is 3. The minimum absolute atomic E-state index is 0.118. The monoisotopic (exact) mass is 741 g/mol. The van der Waals surface area contributed by atoms with Crippen molar-refractivity contribution in [3.05, 3.63) is 149 Å². The first-order valence-electron chi connectivity index (χ1n) is 18.5. The molecule has 1 aliphatic rings. The van der Waals surface area contributed by atoms with Gasteiger partial charge in [0, 0.05) is 44.1 Å². The lowest BCUT2D eigenvalue weighted by molar-refractivity contribution is 0.0663. The van der Waals surface area contributed by atoms with Crippen LogP contribution < -0.4 is 0 Å². The van der Waals surface area contributed by atoms with Gasteiger partial charge in [0.05, 0.1) is 34.5 Å². The van der Waals surface area contributed by atoms with Crippen LogP contribution in [0.5, 0.6) is 0 Å². The molecule has 0 radical (unpaired) electrons. The van der Waals surface area contributed by atoms with Crippen LogP contribution in [0.3, 0.4) is 0 Å². The van der Waals surface area contributed by atoms with Gasteiger partial charge in [-0.2, -0.15) is 0 Å². The maximum absolute atomic E-state index is 14.7. The van der Waals surface area contributed by atoms with Crippen LogP contribution in [0.15, 0.2) is 114 Å². The molecule has 3 heterocycles. The third-order valence-electron chi connectivity index (χ3n) is 9.69. The molecular formula is C44H45F2N5O2Si. The van der Waals surface area contributed by atoms with E-state index < -0.39 is 19.7 Å². The van der Waals surface area contributed by atoms with Gasteiger partial charge < -0.3 is 14.2 Å². The molecule has 10 heteroatoms. The zero-order valence-corrected chi connectivity index (χ0v) is 32.2. The SMILES string of the molecule is Cc1cc2c(cc(C(=O)N(Cc3ccc(-c4c(F)cccc4F)cn3)CC3CC3)n2COCC[Si](C)(C)C)nc1N=C(c1ccccc1)c1ccccc1. The van der Waals surface area contributed by atoms with E-state index in [1.54, 1.807) is 12.1 Å². The molecule has 3 aromatic heterocycles. The number of aromatic nitrogens is 3. The van der Waals surface area contributed by atoms with E-state index in [0.717, 1.165) is 46.8 Å². The van der Waals surface area contributed by atoms with Gasteiger partial charge in [-0.05, 0) is 67.6 Å². The number of amides is 1. The van der Waals surface area contributed by atoms with Crippen molar-refractivity contribution in [2.24, 2.45) is 10.9 Å². The number of aryl methyl sites for hydroxylation is 1.